The molecule has 94 valence electrons. The van der Waals surface area contributed by atoms with Crippen LogP contribution in [0.2, 0.25) is 0 Å². The first-order valence-electron chi connectivity index (χ1n) is 6.28. The molecule has 1 saturated heterocycles. The van der Waals surface area contributed by atoms with E-state index >= 15 is 0 Å². The highest BCUT2D eigenvalue weighted by Crippen LogP contribution is 2.23. The Kier molecular flexibility index (Phi) is 3.84. The number of aromatic nitrogens is 1. The van der Waals surface area contributed by atoms with E-state index in [1.165, 1.54) is 5.69 Å². The van der Waals surface area contributed by atoms with Crippen LogP contribution in [0.5, 0.6) is 0 Å². The largest absolute Gasteiger partial charge is 0.384 e. The number of morpholine rings is 1. The summed E-state index contributed by atoms with van der Waals surface area (Å²) in [6.45, 7) is 9.02. The first-order valence-corrected chi connectivity index (χ1v) is 6.28. The van der Waals surface area contributed by atoms with Gasteiger partial charge in [0.1, 0.15) is 0 Å². The molecule has 4 nitrogen and oxygen atoms in total. The summed E-state index contributed by atoms with van der Waals surface area (Å²) >= 11 is 0. The van der Waals surface area contributed by atoms with Crippen molar-refractivity contribution < 1.29 is 4.74 Å². The van der Waals surface area contributed by atoms with E-state index in [1.54, 1.807) is 0 Å². The first kappa shape index (κ1) is 12.2. The predicted molar refractivity (Wildman–Crippen MR) is 70.6 cm³/mol. The molecule has 4 heteroatoms. The van der Waals surface area contributed by atoms with Crippen molar-refractivity contribution in [3.05, 3.63) is 18.5 Å². The summed E-state index contributed by atoms with van der Waals surface area (Å²) in [5, 5.41) is 3.29. The summed E-state index contributed by atoms with van der Waals surface area (Å²) in [6, 6.07) is 2.57. The third kappa shape index (κ3) is 2.88. The van der Waals surface area contributed by atoms with E-state index in [0.29, 0.717) is 6.04 Å². The Bertz CT molecular complexity index is 369. The van der Waals surface area contributed by atoms with Gasteiger partial charge in [0, 0.05) is 19.1 Å². The van der Waals surface area contributed by atoms with Crippen molar-refractivity contribution in [1.82, 2.24) is 4.98 Å². The highest BCUT2D eigenvalue weighted by atomic mass is 16.5. The van der Waals surface area contributed by atoms with Crippen LogP contribution < -0.4 is 10.2 Å². The highest BCUT2D eigenvalue weighted by Gasteiger charge is 2.23. The molecule has 1 aromatic heterocycles. The molecule has 0 radical (unpaired) electrons. The standard InChI is InChI=1S/C13H21N3O/c1-4-15-12-5-13(7-14-6-12)16-8-11(3)17-9-10(16)2/h5-7,10-11,15H,4,8-9H2,1-3H3. The summed E-state index contributed by atoms with van der Waals surface area (Å²) < 4.78 is 5.64. The van der Waals surface area contributed by atoms with Crippen molar-refractivity contribution in [2.75, 3.05) is 29.9 Å². The van der Waals surface area contributed by atoms with E-state index in [4.69, 9.17) is 4.74 Å². The van der Waals surface area contributed by atoms with Gasteiger partial charge in [-0.2, -0.15) is 0 Å². The fourth-order valence-corrected chi connectivity index (χ4v) is 2.15. The Morgan fingerprint density at radius 3 is 3.06 bits per heavy atom. The van der Waals surface area contributed by atoms with E-state index in [9.17, 15) is 0 Å². The second-order valence-corrected chi connectivity index (χ2v) is 4.61. The molecule has 1 aliphatic rings. The van der Waals surface area contributed by atoms with Crippen LogP contribution in [-0.2, 0) is 4.74 Å². The van der Waals surface area contributed by atoms with Gasteiger partial charge in [-0.05, 0) is 26.8 Å². The first-order chi connectivity index (χ1) is 8.20. The molecule has 2 unspecified atom stereocenters. The minimum absolute atomic E-state index is 0.286. The molecule has 2 rings (SSSR count). The van der Waals surface area contributed by atoms with Crippen molar-refractivity contribution in [3.8, 4) is 0 Å². The monoisotopic (exact) mass is 235 g/mol. The van der Waals surface area contributed by atoms with Crippen LogP contribution in [0.15, 0.2) is 18.5 Å². The fourth-order valence-electron chi connectivity index (χ4n) is 2.15. The van der Waals surface area contributed by atoms with Crippen molar-refractivity contribution in [3.63, 3.8) is 0 Å². The van der Waals surface area contributed by atoms with E-state index in [-0.39, 0.29) is 6.10 Å². The van der Waals surface area contributed by atoms with Gasteiger partial charge in [0.15, 0.2) is 0 Å². The Morgan fingerprint density at radius 1 is 1.47 bits per heavy atom. The molecule has 1 aromatic rings. The number of pyridine rings is 1. The maximum Gasteiger partial charge on any atom is 0.0723 e. The lowest BCUT2D eigenvalue weighted by atomic mass is 10.2. The molecule has 1 fully saturated rings. The number of nitrogens with zero attached hydrogens (tertiary/aromatic N) is 2. The highest BCUT2D eigenvalue weighted by molar-refractivity contribution is 5.56. The van der Waals surface area contributed by atoms with Crippen LogP contribution in [0, 0.1) is 0 Å². The Balaban J connectivity index is 2.16. The lowest BCUT2D eigenvalue weighted by molar-refractivity contribution is 0.0343. The van der Waals surface area contributed by atoms with Gasteiger partial charge >= 0.3 is 0 Å². The second-order valence-electron chi connectivity index (χ2n) is 4.61. The average Bonchev–Trinajstić information content (AvgIpc) is 2.33. The summed E-state index contributed by atoms with van der Waals surface area (Å²) in [4.78, 5) is 6.66. The van der Waals surface area contributed by atoms with Crippen molar-refractivity contribution in [2.24, 2.45) is 0 Å². The SMILES string of the molecule is CCNc1cncc(N2CC(C)OCC2C)c1. The summed E-state index contributed by atoms with van der Waals surface area (Å²) in [5.41, 5.74) is 2.25. The smallest absolute Gasteiger partial charge is 0.0723 e. The zero-order valence-electron chi connectivity index (χ0n) is 10.8. The number of nitrogens with one attached hydrogen (secondary N) is 1. The van der Waals surface area contributed by atoms with Gasteiger partial charge in [0.25, 0.3) is 0 Å². The predicted octanol–water partition coefficient (Wildman–Crippen LogP) is 2.13. The van der Waals surface area contributed by atoms with Gasteiger partial charge < -0.3 is 15.0 Å². The molecule has 0 spiro atoms. The van der Waals surface area contributed by atoms with Crippen LogP contribution in [0.1, 0.15) is 20.8 Å². The zero-order chi connectivity index (χ0) is 12.3. The molecule has 0 bridgehead atoms. The van der Waals surface area contributed by atoms with Gasteiger partial charge in [-0.3, -0.25) is 4.98 Å². The van der Waals surface area contributed by atoms with Gasteiger partial charge in [-0.1, -0.05) is 0 Å². The summed E-state index contributed by atoms with van der Waals surface area (Å²) in [7, 11) is 0. The maximum atomic E-state index is 5.64. The van der Waals surface area contributed by atoms with E-state index in [1.807, 2.05) is 12.4 Å². The van der Waals surface area contributed by atoms with Crippen molar-refractivity contribution >= 4 is 11.4 Å². The number of ether oxygens (including phenoxy) is 1. The number of rotatable bonds is 3. The summed E-state index contributed by atoms with van der Waals surface area (Å²) in [6.07, 6.45) is 4.07. The van der Waals surface area contributed by atoms with Crippen molar-refractivity contribution in [2.45, 2.75) is 32.9 Å². The Hall–Kier alpha value is -1.29. The third-order valence-electron chi connectivity index (χ3n) is 3.04. The second kappa shape index (κ2) is 5.36. The molecule has 1 aliphatic heterocycles. The molecular weight excluding hydrogens is 214 g/mol. The topological polar surface area (TPSA) is 37.4 Å². The minimum atomic E-state index is 0.286. The molecule has 2 atom stereocenters. The third-order valence-corrected chi connectivity index (χ3v) is 3.04. The van der Waals surface area contributed by atoms with Gasteiger partial charge in [-0.25, -0.2) is 0 Å². The normalized spacial score (nSPS) is 24.8. The van der Waals surface area contributed by atoms with Gasteiger partial charge in [0.05, 0.1) is 36.5 Å². The molecule has 2 heterocycles. The fraction of sp³-hybridized carbons (Fsp3) is 0.615. The van der Waals surface area contributed by atoms with E-state index in [2.05, 4.69) is 42.0 Å². The molecular formula is C13H21N3O. The number of hydrogen-bond donors (Lipinski definition) is 1. The summed E-state index contributed by atoms with van der Waals surface area (Å²) in [5.74, 6) is 0. The molecule has 0 saturated carbocycles. The van der Waals surface area contributed by atoms with Gasteiger partial charge in [-0.15, -0.1) is 0 Å². The molecule has 1 N–H and O–H groups in total. The van der Waals surface area contributed by atoms with E-state index in [0.717, 1.165) is 25.4 Å². The van der Waals surface area contributed by atoms with Crippen LogP contribution in [-0.4, -0.2) is 36.8 Å². The number of hydrogen-bond acceptors (Lipinski definition) is 4. The molecule has 0 amide bonds. The molecule has 17 heavy (non-hydrogen) atoms. The number of anilines is 2. The van der Waals surface area contributed by atoms with Gasteiger partial charge in [0.2, 0.25) is 0 Å². The van der Waals surface area contributed by atoms with Crippen LogP contribution >= 0.6 is 0 Å². The van der Waals surface area contributed by atoms with Crippen LogP contribution in [0.4, 0.5) is 11.4 Å². The average molecular weight is 235 g/mol. The van der Waals surface area contributed by atoms with Crippen molar-refractivity contribution in [1.29, 1.82) is 0 Å². The Labute approximate surface area is 103 Å². The minimum Gasteiger partial charge on any atom is -0.384 e. The maximum absolute atomic E-state index is 5.64. The lowest BCUT2D eigenvalue weighted by Crippen LogP contribution is -2.47. The zero-order valence-corrected chi connectivity index (χ0v) is 10.8. The molecule has 0 aliphatic carbocycles. The lowest BCUT2D eigenvalue weighted by Gasteiger charge is -2.38. The Morgan fingerprint density at radius 2 is 2.29 bits per heavy atom. The van der Waals surface area contributed by atoms with Crippen LogP contribution in [0.25, 0.3) is 0 Å². The van der Waals surface area contributed by atoms with Crippen LogP contribution in [0.3, 0.4) is 0 Å². The quantitative estimate of drug-likeness (QED) is 0.871. The molecule has 0 aromatic carbocycles. The van der Waals surface area contributed by atoms with E-state index < -0.39 is 0 Å².